The molecule has 0 bridgehead atoms. The molecule has 0 aliphatic carbocycles. The molecule has 1 rings (SSSR count). The Balaban J connectivity index is 2.41. The van der Waals surface area contributed by atoms with Crippen molar-refractivity contribution in [1.29, 1.82) is 0 Å². The van der Waals surface area contributed by atoms with Crippen LogP contribution in [0.5, 0.6) is 0 Å². The van der Waals surface area contributed by atoms with Gasteiger partial charge in [0.1, 0.15) is 0 Å². The Morgan fingerprint density at radius 2 is 2.36 bits per heavy atom. The number of ether oxygens (including phenoxy) is 1. The van der Waals surface area contributed by atoms with Gasteiger partial charge in [0, 0.05) is 6.61 Å². The number of rotatable bonds is 5. The fourth-order valence-electron chi connectivity index (χ4n) is 1.96. The van der Waals surface area contributed by atoms with Gasteiger partial charge in [-0.1, -0.05) is 27.7 Å². The SMILES string of the molecule is CCCCC1CCCOC1P(P)PP. The van der Waals surface area contributed by atoms with E-state index in [1.807, 2.05) is 0 Å². The van der Waals surface area contributed by atoms with Crippen LogP contribution in [0.4, 0.5) is 0 Å². The van der Waals surface area contributed by atoms with Gasteiger partial charge in [0.15, 0.2) is 0 Å². The standard InChI is InChI=1S/C9H22OP4/c1-2-3-5-8-6-4-7-10-9(8)14(12)13-11/h8-9,13H,2-7,11-12H2,1H3. The number of hydrogen-bond donors (Lipinski definition) is 0. The summed E-state index contributed by atoms with van der Waals surface area (Å²) in [4.78, 5) is 0. The van der Waals surface area contributed by atoms with Gasteiger partial charge in [-0.05, 0) is 32.5 Å². The predicted molar refractivity (Wildman–Crippen MR) is 76.6 cm³/mol. The highest BCUT2D eigenvalue weighted by molar-refractivity contribution is 8.61. The lowest BCUT2D eigenvalue weighted by atomic mass is 9.96. The highest BCUT2D eigenvalue weighted by atomic mass is 32.6. The van der Waals surface area contributed by atoms with Crippen LogP contribution in [0, 0.1) is 5.92 Å². The second kappa shape index (κ2) is 7.87. The molecule has 0 aromatic carbocycles. The predicted octanol–water partition coefficient (Wildman–Crippen LogP) is 4.58. The molecule has 5 heteroatoms. The summed E-state index contributed by atoms with van der Waals surface area (Å²) in [5.74, 6) is 1.42. The van der Waals surface area contributed by atoms with Crippen LogP contribution in [-0.2, 0) is 4.74 Å². The van der Waals surface area contributed by atoms with E-state index >= 15 is 0 Å². The first-order valence-corrected chi connectivity index (χ1v) is 12.1. The van der Waals surface area contributed by atoms with Crippen LogP contribution in [0.15, 0.2) is 0 Å². The minimum Gasteiger partial charge on any atom is -0.373 e. The van der Waals surface area contributed by atoms with Crippen LogP contribution in [0.3, 0.4) is 0 Å². The molecule has 1 saturated heterocycles. The highest BCUT2D eigenvalue weighted by Crippen LogP contribution is 2.71. The van der Waals surface area contributed by atoms with E-state index in [4.69, 9.17) is 4.74 Å². The highest BCUT2D eigenvalue weighted by Gasteiger charge is 2.29. The Labute approximate surface area is 95.5 Å². The third kappa shape index (κ3) is 4.28. The van der Waals surface area contributed by atoms with Crippen molar-refractivity contribution in [1.82, 2.24) is 0 Å². The zero-order chi connectivity index (χ0) is 10.4. The molecule has 0 N–H and O–H groups in total. The molecule has 1 heterocycles. The molecule has 6 atom stereocenters. The first kappa shape index (κ1) is 13.7. The summed E-state index contributed by atoms with van der Waals surface area (Å²) in [5.41, 5.74) is 0. The maximum atomic E-state index is 5.94. The van der Waals surface area contributed by atoms with Crippen LogP contribution in [-0.4, -0.2) is 12.5 Å². The average molecular weight is 270 g/mol. The van der Waals surface area contributed by atoms with Crippen molar-refractivity contribution < 1.29 is 4.74 Å². The maximum absolute atomic E-state index is 5.94. The molecule has 84 valence electrons. The Morgan fingerprint density at radius 3 is 3.00 bits per heavy atom. The van der Waals surface area contributed by atoms with E-state index < -0.39 is 0 Å². The quantitative estimate of drug-likeness (QED) is 0.664. The van der Waals surface area contributed by atoms with Crippen LogP contribution < -0.4 is 0 Å². The van der Waals surface area contributed by atoms with E-state index in [0.29, 0.717) is 5.85 Å². The van der Waals surface area contributed by atoms with Gasteiger partial charge in [-0.25, -0.2) is 0 Å². The maximum Gasteiger partial charge on any atom is 0.0868 e. The summed E-state index contributed by atoms with van der Waals surface area (Å²) in [6.45, 7) is 3.27. The lowest BCUT2D eigenvalue weighted by Gasteiger charge is -2.35. The van der Waals surface area contributed by atoms with Crippen LogP contribution in [0.2, 0.25) is 0 Å². The molecule has 1 aliphatic rings. The number of hydrogen-bond acceptors (Lipinski definition) is 1. The van der Waals surface area contributed by atoms with E-state index in [-0.39, 0.29) is 7.30 Å². The Kier molecular flexibility index (Phi) is 7.73. The third-order valence-corrected chi connectivity index (χ3v) is 13.4. The molecule has 0 aromatic rings. The minimum atomic E-state index is 0.0328. The minimum absolute atomic E-state index is 0.0328. The van der Waals surface area contributed by atoms with Crippen molar-refractivity contribution in [2.45, 2.75) is 44.9 Å². The van der Waals surface area contributed by atoms with Crippen molar-refractivity contribution in [3.63, 3.8) is 0 Å². The molecule has 1 fully saturated rings. The lowest BCUT2D eigenvalue weighted by Crippen LogP contribution is -2.26. The molecule has 1 aliphatic heterocycles. The second-order valence-electron chi connectivity index (χ2n) is 3.84. The Morgan fingerprint density at radius 1 is 1.57 bits per heavy atom. The molecule has 14 heavy (non-hydrogen) atoms. The van der Waals surface area contributed by atoms with E-state index in [0.717, 1.165) is 20.5 Å². The van der Waals surface area contributed by atoms with Crippen molar-refractivity contribution in [3.05, 3.63) is 0 Å². The first-order valence-electron chi connectivity index (χ1n) is 5.41. The molecule has 1 nitrogen and oxygen atoms in total. The van der Waals surface area contributed by atoms with Crippen molar-refractivity contribution in [2.75, 3.05) is 6.61 Å². The lowest BCUT2D eigenvalue weighted by molar-refractivity contribution is 0.0247. The molecule has 0 saturated carbocycles. The van der Waals surface area contributed by atoms with Crippen molar-refractivity contribution in [2.24, 2.45) is 5.92 Å². The van der Waals surface area contributed by atoms with Gasteiger partial charge in [0.25, 0.3) is 0 Å². The van der Waals surface area contributed by atoms with E-state index in [1.54, 1.807) is 0 Å². The molecular weight excluding hydrogens is 248 g/mol. The summed E-state index contributed by atoms with van der Waals surface area (Å²) in [5, 5.41) is 0. The van der Waals surface area contributed by atoms with Crippen LogP contribution in [0.1, 0.15) is 39.0 Å². The van der Waals surface area contributed by atoms with E-state index in [2.05, 4.69) is 24.8 Å². The van der Waals surface area contributed by atoms with Gasteiger partial charge in [0.05, 0.1) is 5.85 Å². The topological polar surface area (TPSA) is 9.23 Å². The van der Waals surface area contributed by atoms with E-state index in [9.17, 15) is 0 Å². The van der Waals surface area contributed by atoms with Crippen LogP contribution in [0.25, 0.3) is 0 Å². The molecule has 0 radical (unpaired) electrons. The summed E-state index contributed by atoms with van der Waals surface area (Å²) < 4.78 is 5.94. The van der Waals surface area contributed by atoms with Crippen LogP contribution >= 0.6 is 33.1 Å². The third-order valence-electron chi connectivity index (χ3n) is 2.76. The zero-order valence-corrected chi connectivity index (χ0v) is 13.1. The fourth-order valence-corrected chi connectivity index (χ4v) is 6.74. The van der Waals surface area contributed by atoms with Gasteiger partial charge >= 0.3 is 0 Å². The van der Waals surface area contributed by atoms with Gasteiger partial charge in [-0.3, -0.25) is 0 Å². The summed E-state index contributed by atoms with van der Waals surface area (Å²) >= 11 is 0. The van der Waals surface area contributed by atoms with Gasteiger partial charge in [-0.15, -0.1) is 17.9 Å². The summed E-state index contributed by atoms with van der Waals surface area (Å²) in [6.07, 6.45) is 6.74. The van der Waals surface area contributed by atoms with Crippen molar-refractivity contribution >= 4 is 33.1 Å². The summed E-state index contributed by atoms with van der Waals surface area (Å²) in [6, 6.07) is 0. The second-order valence-corrected chi connectivity index (χ2v) is 13.3. The smallest absolute Gasteiger partial charge is 0.0868 e. The van der Waals surface area contributed by atoms with Gasteiger partial charge in [-0.2, -0.15) is 0 Å². The van der Waals surface area contributed by atoms with Crippen molar-refractivity contribution in [3.8, 4) is 0 Å². The normalized spacial score (nSPS) is 31.1. The van der Waals surface area contributed by atoms with Gasteiger partial charge in [0.2, 0.25) is 0 Å². The molecular formula is C9H22OP4. The van der Waals surface area contributed by atoms with Gasteiger partial charge < -0.3 is 4.74 Å². The first-order chi connectivity index (χ1) is 6.79. The largest absolute Gasteiger partial charge is 0.373 e. The fraction of sp³-hybridized carbons (Fsp3) is 1.00. The molecule has 6 unspecified atom stereocenters. The average Bonchev–Trinajstić information content (AvgIpc) is 2.25. The monoisotopic (exact) mass is 270 g/mol. The zero-order valence-electron chi connectivity index (χ0n) is 8.91. The van der Waals surface area contributed by atoms with E-state index in [1.165, 1.54) is 32.1 Å². The molecule has 0 aromatic heterocycles. The summed E-state index contributed by atoms with van der Waals surface area (Å²) in [7, 11) is 6.91. The molecule has 0 amide bonds. The number of unbranched alkanes of at least 4 members (excludes halogenated alkanes) is 1. The Hall–Kier alpha value is 1.68. The Bertz CT molecular complexity index is 156. The molecule has 0 spiro atoms.